The van der Waals surface area contributed by atoms with Crippen molar-refractivity contribution in [3.05, 3.63) is 62.7 Å². The predicted octanol–water partition coefficient (Wildman–Crippen LogP) is 2.93. The lowest BCUT2D eigenvalue weighted by Crippen LogP contribution is -2.47. The Morgan fingerprint density at radius 2 is 1.71 bits per heavy atom. The molecule has 0 radical (unpaired) electrons. The topological polar surface area (TPSA) is 69.7 Å². The number of nitrogens with one attached hydrogen (secondary N) is 1. The molecule has 8 heteroatoms. The maximum Gasteiger partial charge on any atom is 0.255 e. The number of aryl methyl sites for hydroxylation is 1. The summed E-state index contributed by atoms with van der Waals surface area (Å²) in [7, 11) is -3.11. The molecule has 1 fully saturated rings. The summed E-state index contributed by atoms with van der Waals surface area (Å²) in [4.78, 5) is 14.7. The van der Waals surface area contributed by atoms with Gasteiger partial charge in [-0.3, -0.25) is 9.69 Å². The number of carbonyl (C=O) groups excluding carboxylic acids is 1. The molecule has 0 saturated carbocycles. The number of hydrogen-bond acceptors (Lipinski definition) is 4. The lowest BCUT2D eigenvalue weighted by molar-refractivity contribution is 0.102. The third kappa shape index (κ3) is 5.53. The van der Waals surface area contributed by atoms with Gasteiger partial charge in [-0.1, -0.05) is 12.1 Å². The first-order chi connectivity index (χ1) is 13.2. The van der Waals surface area contributed by atoms with Gasteiger partial charge in [0, 0.05) is 47.5 Å². The minimum Gasteiger partial charge on any atom is -0.322 e. The molecule has 0 spiro atoms. The van der Waals surface area contributed by atoms with E-state index in [1.54, 1.807) is 0 Å². The first-order valence-corrected chi connectivity index (χ1v) is 12.0. The van der Waals surface area contributed by atoms with Crippen molar-refractivity contribution in [2.75, 3.05) is 37.8 Å². The summed E-state index contributed by atoms with van der Waals surface area (Å²) >= 11 is 2.25. The highest BCUT2D eigenvalue weighted by Gasteiger charge is 2.23. The predicted molar refractivity (Wildman–Crippen MR) is 120 cm³/mol. The van der Waals surface area contributed by atoms with E-state index >= 15 is 0 Å². The van der Waals surface area contributed by atoms with Crippen molar-refractivity contribution >= 4 is 44.2 Å². The summed E-state index contributed by atoms with van der Waals surface area (Å²) in [5.41, 5.74) is 3.57. The van der Waals surface area contributed by atoms with Crippen LogP contribution in [0.4, 0.5) is 5.69 Å². The zero-order chi connectivity index (χ0) is 20.3. The van der Waals surface area contributed by atoms with Gasteiger partial charge in [-0.2, -0.15) is 4.31 Å². The average Bonchev–Trinajstić information content (AvgIpc) is 2.64. The summed E-state index contributed by atoms with van der Waals surface area (Å²) in [6, 6.07) is 13.5. The Morgan fingerprint density at radius 3 is 2.29 bits per heavy atom. The van der Waals surface area contributed by atoms with Crippen LogP contribution in [0.15, 0.2) is 42.5 Å². The maximum atomic E-state index is 12.5. The third-order valence-electron chi connectivity index (χ3n) is 4.86. The van der Waals surface area contributed by atoms with Crippen molar-refractivity contribution in [3.63, 3.8) is 0 Å². The Hall–Kier alpha value is -1.49. The second kappa shape index (κ2) is 8.89. The van der Waals surface area contributed by atoms with Crippen LogP contribution < -0.4 is 5.32 Å². The SMILES string of the molecule is Cc1cc(I)ccc1NC(=O)c1ccc(CN2CCN(S(C)(=O)=O)CC2)cc1. The van der Waals surface area contributed by atoms with E-state index in [1.165, 1.54) is 10.6 Å². The lowest BCUT2D eigenvalue weighted by Gasteiger charge is -2.33. The van der Waals surface area contributed by atoms with E-state index in [1.807, 2.05) is 49.4 Å². The van der Waals surface area contributed by atoms with Crippen molar-refractivity contribution < 1.29 is 13.2 Å². The molecule has 0 aliphatic carbocycles. The monoisotopic (exact) mass is 513 g/mol. The van der Waals surface area contributed by atoms with Crippen LogP contribution in [-0.4, -0.2) is 56.0 Å². The molecule has 1 aliphatic rings. The van der Waals surface area contributed by atoms with E-state index in [9.17, 15) is 13.2 Å². The van der Waals surface area contributed by atoms with E-state index < -0.39 is 10.0 Å². The summed E-state index contributed by atoms with van der Waals surface area (Å²) in [6.45, 7) is 5.19. The van der Waals surface area contributed by atoms with Crippen molar-refractivity contribution in [3.8, 4) is 0 Å². The molecular formula is C20H24IN3O3S. The number of anilines is 1. The van der Waals surface area contributed by atoms with Gasteiger partial charge in [0.2, 0.25) is 10.0 Å². The van der Waals surface area contributed by atoms with Gasteiger partial charge < -0.3 is 5.32 Å². The summed E-state index contributed by atoms with van der Waals surface area (Å²) < 4.78 is 25.8. The maximum absolute atomic E-state index is 12.5. The molecule has 2 aromatic carbocycles. The fourth-order valence-electron chi connectivity index (χ4n) is 3.20. The summed E-state index contributed by atoms with van der Waals surface area (Å²) in [6.07, 6.45) is 1.25. The summed E-state index contributed by atoms with van der Waals surface area (Å²) in [5.74, 6) is -0.127. The third-order valence-corrected chi connectivity index (χ3v) is 6.83. The van der Waals surface area contributed by atoms with Crippen molar-refractivity contribution in [1.29, 1.82) is 0 Å². The minimum atomic E-state index is -3.11. The second-order valence-corrected chi connectivity index (χ2v) is 10.3. The number of nitrogens with zero attached hydrogens (tertiary/aromatic N) is 2. The van der Waals surface area contributed by atoms with Crippen molar-refractivity contribution in [2.45, 2.75) is 13.5 Å². The Labute approximate surface area is 180 Å². The normalized spacial score (nSPS) is 16.1. The van der Waals surface area contributed by atoms with Gasteiger partial charge in [0.1, 0.15) is 0 Å². The first-order valence-electron chi connectivity index (χ1n) is 9.06. The van der Waals surface area contributed by atoms with E-state index in [0.29, 0.717) is 31.7 Å². The quantitative estimate of drug-likeness (QED) is 0.625. The Bertz CT molecular complexity index is 953. The van der Waals surface area contributed by atoms with Gasteiger partial charge in [-0.25, -0.2) is 8.42 Å². The lowest BCUT2D eigenvalue weighted by atomic mass is 10.1. The molecular weight excluding hydrogens is 489 g/mol. The summed E-state index contributed by atoms with van der Waals surface area (Å²) in [5, 5.41) is 2.96. The largest absolute Gasteiger partial charge is 0.322 e. The Kier molecular flexibility index (Phi) is 6.74. The molecule has 2 aromatic rings. The molecule has 3 rings (SSSR count). The molecule has 0 aromatic heterocycles. The zero-order valence-corrected chi connectivity index (χ0v) is 19.0. The smallest absolute Gasteiger partial charge is 0.255 e. The molecule has 0 bridgehead atoms. The highest BCUT2D eigenvalue weighted by atomic mass is 127. The van der Waals surface area contributed by atoms with Gasteiger partial charge in [-0.15, -0.1) is 0 Å². The van der Waals surface area contributed by atoms with E-state index in [-0.39, 0.29) is 5.91 Å². The molecule has 0 atom stereocenters. The second-order valence-electron chi connectivity index (χ2n) is 7.05. The highest BCUT2D eigenvalue weighted by molar-refractivity contribution is 14.1. The molecule has 1 heterocycles. The first kappa shape index (κ1) is 21.2. The number of rotatable bonds is 5. The van der Waals surface area contributed by atoms with Crippen LogP contribution >= 0.6 is 22.6 Å². The molecule has 1 N–H and O–H groups in total. The number of hydrogen-bond donors (Lipinski definition) is 1. The number of benzene rings is 2. The van der Waals surface area contributed by atoms with Crippen molar-refractivity contribution in [1.82, 2.24) is 9.21 Å². The molecule has 1 amide bonds. The zero-order valence-electron chi connectivity index (χ0n) is 16.0. The molecule has 28 heavy (non-hydrogen) atoms. The van der Waals surface area contributed by atoms with Crippen LogP contribution in [0.1, 0.15) is 21.5 Å². The number of piperazine rings is 1. The minimum absolute atomic E-state index is 0.127. The standard InChI is InChI=1S/C20H24IN3O3S/c1-15-13-18(21)7-8-19(15)22-20(25)17-5-3-16(4-6-17)14-23-9-11-24(12-10-23)28(2,26)27/h3-8,13H,9-12,14H2,1-2H3,(H,22,25). The van der Waals surface area contributed by atoms with E-state index in [2.05, 4.69) is 32.8 Å². The average molecular weight is 513 g/mol. The van der Waals surface area contributed by atoms with Crippen molar-refractivity contribution in [2.24, 2.45) is 0 Å². The van der Waals surface area contributed by atoms with Crippen LogP contribution in [-0.2, 0) is 16.6 Å². The van der Waals surface area contributed by atoms with Gasteiger partial charge in [0.15, 0.2) is 0 Å². The van der Waals surface area contributed by atoms with E-state index in [4.69, 9.17) is 0 Å². The molecule has 1 saturated heterocycles. The molecule has 0 unspecified atom stereocenters. The highest BCUT2D eigenvalue weighted by Crippen LogP contribution is 2.19. The van der Waals surface area contributed by atoms with Crippen LogP contribution in [0.5, 0.6) is 0 Å². The molecule has 150 valence electrons. The fraction of sp³-hybridized carbons (Fsp3) is 0.350. The van der Waals surface area contributed by atoms with Crippen LogP contribution in [0, 0.1) is 10.5 Å². The number of halogens is 1. The molecule has 1 aliphatic heterocycles. The number of carbonyl (C=O) groups is 1. The van der Waals surface area contributed by atoms with Gasteiger partial charge >= 0.3 is 0 Å². The van der Waals surface area contributed by atoms with Gasteiger partial charge in [-0.05, 0) is 71.0 Å². The Morgan fingerprint density at radius 1 is 1.07 bits per heavy atom. The Balaban J connectivity index is 1.57. The molecule has 6 nitrogen and oxygen atoms in total. The van der Waals surface area contributed by atoms with Crippen LogP contribution in [0.3, 0.4) is 0 Å². The fourth-order valence-corrected chi connectivity index (χ4v) is 4.67. The van der Waals surface area contributed by atoms with Gasteiger partial charge in [0.05, 0.1) is 6.26 Å². The van der Waals surface area contributed by atoms with Crippen LogP contribution in [0.25, 0.3) is 0 Å². The van der Waals surface area contributed by atoms with Gasteiger partial charge in [0.25, 0.3) is 5.91 Å². The van der Waals surface area contributed by atoms with Crippen LogP contribution in [0.2, 0.25) is 0 Å². The number of amides is 1. The van der Waals surface area contributed by atoms with E-state index in [0.717, 1.165) is 26.9 Å². The number of sulfonamides is 1.